The maximum atomic E-state index is 13.8. The normalized spacial score (nSPS) is 12.1. The molecule has 0 bridgehead atoms. The molecule has 1 amide bonds. The SMILES string of the molecule is C=CN/C(=C/CC(C)CC)c1ccc(CNC(=O)c2cc(F)cnc2Oc2ccc(F)cc2)cc1. The lowest BCUT2D eigenvalue weighted by Gasteiger charge is -2.12. The Hall–Kier alpha value is -4.00. The molecule has 0 aliphatic rings. The molecule has 3 rings (SSSR count). The summed E-state index contributed by atoms with van der Waals surface area (Å²) in [5, 5.41) is 5.95. The Morgan fingerprint density at radius 2 is 1.83 bits per heavy atom. The van der Waals surface area contributed by atoms with E-state index in [0.717, 1.165) is 41.9 Å². The zero-order valence-electron chi connectivity index (χ0n) is 19.9. The zero-order valence-corrected chi connectivity index (χ0v) is 19.9. The van der Waals surface area contributed by atoms with Gasteiger partial charge in [0.25, 0.3) is 5.91 Å². The van der Waals surface area contributed by atoms with E-state index in [1.165, 1.54) is 24.3 Å². The van der Waals surface area contributed by atoms with Crippen LogP contribution in [0.25, 0.3) is 5.70 Å². The minimum atomic E-state index is -0.669. The molecule has 0 saturated carbocycles. The first-order valence-corrected chi connectivity index (χ1v) is 11.4. The number of aromatic nitrogens is 1. The van der Waals surface area contributed by atoms with Crippen molar-refractivity contribution in [2.24, 2.45) is 5.92 Å². The number of benzene rings is 2. The molecule has 0 aliphatic carbocycles. The minimum Gasteiger partial charge on any atom is -0.438 e. The van der Waals surface area contributed by atoms with Gasteiger partial charge in [-0.15, -0.1) is 0 Å². The van der Waals surface area contributed by atoms with Gasteiger partial charge < -0.3 is 15.4 Å². The Labute approximate surface area is 204 Å². The van der Waals surface area contributed by atoms with Gasteiger partial charge in [-0.2, -0.15) is 0 Å². The third-order valence-electron chi connectivity index (χ3n) is 5.49. The maximum Gasteiger partial charge on any atom is 0.257 e. The average molecular weight is 478 g/mol. The van der Waals surface area contributed by atoms with E-state index >= 15 is 0 Å². The van der Waals surface area contributed by atoms with Gasteiger partial charge in [-0.05, 0) is 60.0 Å². The molecule has 2 N–H and O–H groups in total. The lowest BCUT2D eigenvalue weighted by atomic mass is 10.0. The highest BCUT2D eigenvalue weighted by Gasteiger charge is 2.16. The maximum absolute atomic E-state index is 13.8. The zero-order chi connectivity index (χ0) is 25.2. The quantitative estimate of drug-likeness (QED) is 0.327. The highest BCUT2D eigenvalue weighted by atomic mass is 19.1. The number of amides is 1. The van der Waals surface area contributed by atoms with Gasteiger partial charge in [-0.3, -0.25) is 4.79 Å². The third kappa shape index (κ3) is 7.50. The van der Waals surface area contributed by atoms with E-state index in [-0.39, 0.29) is 23.7 Å². The van der Waals surface area contributed by atoms with Gasteiger partial charge in [0.15, 0.2) is 0 Å². The van der Waals surface area contributed by atoms with E-state index < -0.39 is 17.5 Å². The van der Waals surface area contributed by atoms with Crippen molar-refractivity contribution < 1.29 is 18.3 Å². The summed E-state index contributed by atoms with van der Waals surface area (Å²) in [4.78, 5) is 16.7. The largest absolute Gasteiger partial charge is 0.438 e. The molecule has 0 saturated heterocycles. The number of halogens is 2. The fourth-order valence-electron chi connectivity index (χ4n) is 3.22. The number of rotatable bonds is 11. The third-order valence-corrected chi connectivity index (χ3v) is 5.49. The minimum absolute atomic E-state index is 0.0589. The molecule has 3 aromatic rings. The highest BCUT2D eigenvalue weighted by Crippen LogP contribution is 2.24. The number of nitrogens with zero attached hydrogens (tertiary/aromatic N) is 1. The first kappa shape index (κ1) is 25.6. The number of nitrogens with one attached hydrogen (secondary N) is 2. The summed E-state index contributed by atoms with van der Waals surface area (Å²) in [6.07, 6.45) is 6.82. The number of hydrogen-bond acceptors (Lipinski definition) is 4. The first-order valence-electron chi connectivity index (χ1n) is 11.4. The van der Waals surface area contributed by atoms with E-state index in [1.54, 1.807) is 6.20 Å². The number of allylic oxidation sites excluding steroid dienone is 1. The molecule has 182 valence electrons. The van der Waals surface area contributed by atoms with Crippen molar-refractivity contribution in [1.29, 1.82) is 0 Å². The van der Waals surface area contributed by atoms with Crippen LogP contribution < -0.4 is 15.4 Å². The van der Waals surface area contributed by atoms with Gasteiger partial charge >= 0.3 is 0 Å². The van der Waals surface area contributed by atoms with Gasteiger partial charge in [0, 0.05) is 12.2 Å². The topological polar surface area (TPSA) is 63.2 Å². The number of pyridine rings is 1. The summed E-state index contributed by atoms with van der Waals surface area (Å²) in [5.74, 6) is -0.844. The van der Waals surface area contributed by atoms with Crippen LogP contribution in [0.5, 0.6) is 11.6 Å². The van der Waals surface area contributed by atoms with Crippen molar-refractivity contribution in [1.82, 2.24) is 15.6 Å². The van der Waals surface area contributed by atoms with Crippen LogP contribution in [0.3, 0.4) is 0 Å². The highest BCUT2D eigenvalue weighted by molar-refractivity contribution is 5.96. The van der Waals surface area contributed by atoms with Crippen molar-refractivity contribution >= 4 is 11.6 Å². The van der Waals surface area contributed by atoms with Crippen molar-refractivity contribution in [3.63, 3.8) is 0 Å². The second kappa shape index (κ2) is 12.5. The van der Waals surface area contributed by atoms with E-state index in [2.05, 4.69) is 42.1 Å². The molecule has 2 aromatic carbocycles. The molecule has 0 fully saturated rings. The number of carbonyl (C=O) groups is 1. The van der Waals surface area contributed by atoms with Crippen LogP contribution in [0.2, 0.25) is 0 Å². The Bertz CT molecular complexity index is 1180. The fraction of sp³-hybridized carbons (Fsp3) is 0.214. The Morgan fingerprint density at radius 3 is 2.49 bits per heavy atom. The van der Waals surface area contributed by atoms with Crippen molar-refractivity contribution in [2.75, 3.05) is 0 Å². The first-order chi connectivity index (χ1) is 16.9. The molecule has 5 nitrogen and oxygen atoms in total. The van der Waals surface area contributed by atoms with Gasteiger partial charge in [-0.1, -0.05) is 57.2 Å². The Kier molecular flexibility index (Phi) is 9.12. The molecule has 0 spiro atoms. The summed E-state index contributed by atoms with van der Waals surface area (Å²) in [7, 11) is 0. The van der Waals surface area contributed by atoms with Crippen LogP contribution in [-0.4, -0.2) is 10.9 Å². The van der Waals surface area contributed by atoms with Crippen LogP contribution in [0.15, 0.2) is 79.6 Å². The standard InChI is InChI=1S/C28H29F2N3O2/c1-4-19(3)6-15-26(31-5-2)21-9-7-20(8-10-21)17-32-27(34)25-16-23(30)18-33-28(25)35-24-13-11-22(29)12-14-24/h5,7-16,18-19,31H,2,4,6,17H2,1,3H3,(H,32,34)/b26-15+. The van der Waals surface area contributed by atoms with E-state index in [0.29, 0.717) is 5.92 Å². The molecule has 1 atom stereocenters. The van der Waals surface area contributed by atoms with Gasteiger partial charge in [0.05, 0.1) is 6.20 Å². The molecular weight excluding hydrogens is 448 g/mol. The molecule has 0 aliphatic heterocycles. The van der Waals surface area contributed by atoms with Gasteiger partial charge in [-0.25, -0.2) is 13.8 Å². The van der Waals surface area contributed by atoms with Crippen LogP contribution in [0.1, 0.15) is 48.2 Å². The second-order valence-electron chi connectivity index (χ2n) is 8.16. The Morgan fingerprint density at radius 1 is 1.11 bits per heavy atom. The summed E-state index contributed by atoms with van der Waals surface area (Å²) in [6, 6.07) is 14.1. The Balaban J connectivity index is 1.68. The van der Waals surface area contributed by atoms with E-state index in [4.69, 9.17) is 4.74 Å². The van der Waals surface area contributed by atoms with Crippen LogP contribution in [0, 0.1) is 17.6 Å². The van der Waals surface area contributed by atoms with E-state index in [9.17, 15) is 13.6 Å². The van der Waals surface area contributed by atoms with Crippen molar-refractivity contribution in [3.8, 4) is 11.6 Å². The average Bonchev–Trinajstić information content (AvgIpc) is 2.87. The number of hydrogen-bond donors (Lipinski definition) is 2. The second-order valence-corrected chi connectivity index (χ2v) is 8.16. The van der Waals surface area contributed by atoms with Gasteiger partial charge in [0.2, 0.25) is 5.88 Å². The predicted octanol–water partition coefficient (Wildman–Crippen LogP) is 6.59. The summed E-state index contributed by atoms with van der Waals surface area (Å²) in [5.41, 5.74) is 2.79. The molecule has 35 heavy (non-hydrogen) atoms. The molecule has 1 unspecified atom stereocenters. The van der Waals surface area contributed by atoms with Crippen LogP contribution in [0.4, 0.5) is 8.78 Å². The van der Waals surface area contributed by atoms with Crippen molar-refractivity contribution in [3.05, 3.63) is 108 Å². The lowest BCUT2D eigenvalue weighted by molar-refractivity contribution is 0.0947. The van der Waals surface area contributed by atoms with Crippen LogP contribution >= 0.6 is 0 Å². The van der Waals surface area contributed by atoms with E-state index in [1.807, 2.05) is 24.3 Å². The van der Waals surface area contributed by atoms with Gasteiger partial charge in [0.1, 0.15) is 22.9 Å². The predicted molar refractivity (Wildman–Crippen MR) is 134 cm³/mol. The summed E-state index contributed by atoms with van der Waals surface area (Å²) >= 11 is 0. The number of ether oxygens (including phenoxy) is 1. The fourth-order valence-corrected chi connectivity index (χ4v) is 3.22. The molecular formula is C28H29F2N3O2. The monoisotopic (exact) mass is 477 g/mol. The summed E-state index contributed by atoms with van der Waals surface area (Å²) < 4.78 is 32.5. The molecule has 1 aromatic heterocycles. The molecule has 1 heterocycles. The molecule has 7 heteroatoms. The molecule has 0 radical (unpaired) electrons. The van der Waals surface area contributed by atoms with Crippen molar-refractivity contribution in [2.45, 2.75) is 33.2 Å². The summed E-state index contributed by atoms with van der Waals surface area (Å²) in [6.45, 7) is 8.36. The number of carbonyl (C=O) groups excluding carboxylic acids is 1. The van der Waals surface area contributed by atoms with Crippen LogP contribution in [-0.2, 0) is 6.54 Å². The smallest absolute Gasteiger partial charge is 0.257 e. The lowest BCUT2D eigenvalue weighted by Crippen LogP contribution is -2.23.